The van der Waals surface area contributed by atoms with Gasteiger partial charge in [-0.1, -0.05) is 48.5 Å². The van der Waals surface area contributed by atoms with Crippen LogP contribution in [0.1, 0.15) is 22.2 Å². The molecule has 1 atom stereocenters. The molecule has 1 aromatic heterocycles. The third-order valence-corrected chi connectivity index (χ3v) is 6.02. The molecule has 34 heavy (non-hydrogen) atoms. The number of carbonyl (C=O) groups is 2. The Morgan fingerprint density at radius 2 is 1.62 bits per heavy atom. The van der Waals surface area contributed by atoms with Crippen LogP contribution < -0.4 is 14.4 Å². The molecule has 7 heteroatoms. The van der Waals surface area contributed by atoms with E-state index < -0.39 is 23.5 Å². The largest absolute Gasteiger partial charge is 0.503 e. The average molecular weight is 453 g/mol. The van der Waals surface area contributed by atoms with Crippen molar-refractivity contribution in [2.45, 2.75) is 6.04 Å². The highest BCUT2D eigenvalue weighted by atomic mass is 16.6. The number of anilines is 1. The molecule has 3 heterocycles. The van der Waals surface area contributed by atoms with Crippen LogP contribution in [-0.2, 0) is 4.79 Å². The molecule has 1 N–H and O–H groups in total. The van der Waals surface area contributed by atoms with Gasteiger partial charge in [0, 0.05) is 17.1 Å². The average Bonchev–Trinajstić information content (AvgIpc) is 3.43. The van der Waals surface area contributed by atoms with Crippen LogP contribution in [0.5, 0.6) is 11.5 Å². The summed E-state index contributed by atoms with van der Waals surface area (Å²) in [5.41, 5.74) is 1.66. The Morgan fingerprint density at radius 1 is 0.882 bits per heavy atom. The number of carbonyl (C=O) groups excluding carboxylic acids is 2. The predicted molar refractivity (Wildman–Crippen MR) is 124 cm³/mol. The van der Waals surface area contributed by atoms with E-state index in [0.29, 0.717) is 41.5 Å². The van der Waals surface area contributed by atoms with Crippen LogP contribution in [0.15, 0.2) is 94.6 Å². The van der Waals surface area contributed by atoms with Gasteiger partial charge < -0.3 is 19.0 Å². The molecule has 6 rings (SSSR count). The van der Waals surface area contributed by atoms with E-state index in [0.717, 1.165) is 5.39 Å². The summed E-state index contributed by atoms with van der Waals surface area (Å²) in [4.78, 5) is 28.4. The number of ketones is 1. The summed E-state index contributed by atoms with van der Waals surface area (Å²) in [6.07, 6.45) is 0. The molecule has 1 amide bonds. The number of fused-ring (bicyclic) bond motifs is 2. The summed E-state index contributed by atoms with van der Waals surface area (Å²) in [5, 5.41) is 11.7. The fourth-order valence-electron chi connectivity index (χ4n) is 4.46. The number of benzene rings is 3. The van der Waals surface area contributed by atoms with E-state index in [-0.39, 0.29) is 11.3 Å². The van der Waals surface area contributed by atoms with Gasteiger partial charge in [0.05, 0.1) is 11.6 Å². The predicted octanol–water partition coefficient (Wildman–Crippen LogP) is 4.99. The van der Waals surface area contributed by atoms with Gasteiger partial charge in [-0.15, -0.1) is 0 Å². The molecule has 3 aromatic carbocycles. The first-order valence-electron chi connectivity index (χ1n) is 10.9. The lowest BCUT2D eigenvalue weighted by molar-refractivity contribution is -0.117. The zero-order valence-electron chi connectivity index (χ0n) is 17.9. The number of aliphatic hydroxyl groups is 1. The van der Waals surface area contributed by atoms with Gasteiger partial charge in [0.15, 0.2) is 23.0 Å². The first-order chi connectivity index (χ1) is 16.6. The summed E-state index contributed by atoms with van der Waals surface area (Å²) >= 11 is 0. The zero-order chi connectivity index (χ0) is 23.2. The van der Waals surface area contributed by atoms with Crippen LogP contribution in [0, 0.1) is 0 Å². The van der Waals surface area contributed by atoms with Gasteiger partial charge in [0.2, 0.25) is 5.78 Å². The summed E-state index contributed by atoms with van der Waals surface area (Å²) in [6.45, 7) is 0.839. The van der Waals surface area contributed by atoms with Gasteiger partial charge in [0.25, 0.3) is 5.91 Å². The summed E-state index contributed by atoms with van der Waals surface area (Å²) in [5.74, 6) is -0.691. The number of hydrogen-bond acceptors (Lipinski definition) is 6. The molecule has 0 bridgehead atoms. The first-order valence-corrected chi connectivity index (χ1v) is 10.9. The summed E-state index contributed by atoms with van der Waals surface area (Å²) < 4.78 is 17.0. The van der Waals surface area contributed by atoms with Crippen LogP contribution in [0.2, 0.25) is 0 Å². The van der Waals surface area contributed by atoms with Crippen molar-refractivity contribution >= 4 is 28.3 Å². The molecule has 0 radical (unpaired) electrons. The summed E-state index contributed by atoms with van der Waals surface area (Å²) in [6, 6.07) is 22.2. The van der Waals surface area contributed by atoms with Gasteiger partial charge >= 0.3 is 0 Å². The highest BCUT2D eigenvalue weighted by Gasteiger charge is 2.45. The second-order valence-electron chi connectivity index (χ2n) is 8.06. The Balaban J connectivity index is 1.48. The van der Waals surface area contributed by atoms with Crippen LogP contribution in [0.3, 0.4) is 0 Å². The van der Waals surface area contributed by atoms with Crippen molar-refractivity contribution in [1.82, 2.24) is 0 Å². The lowest BCUT2D eigenvalue weighted by Crippen LogP contribution is -2.31. The third-order valence-electron chi connectivity index (χ3n) is 6.02. The molecule has 2 aliphatic rings. The van der Waals surface area contributed by atoms with Crippen molar-refractivity contribution in [2.24, 2.45) is 0 Å². The number of furan rings is 1. The standard InChI is InChI=1S/C27H19NO6/c29-25(22-14-17-8-4-5-9-19(17)34-22)23-24(16-6-2-1-3-7-16)28(27(31)26(23)30)18-10-11-20-21(15-18)33-13-12-32-20/h1-11,14-15,24,30H,12-13H2. The van der Waals surface area contributed by atoms with Gasteiger partial charge in [-0.3, -0.25) is 14.5 Å². The molecule has 2 aliphatic heterocycles. The van der Waals surface area contributed by atoms with E-state index in [2.05, 4.69) is 0 Å². The second kappa shape index (κ2) is 7.81. The van der Waals surface area contributed by atoms with Crippen molar-refractivity contribution in [3.05, 3.63) is 102 Å². The Hall–Kier alpha value is -4.52. The molecular weight excluding hydrogens is 434 g/mol. The molecule has 1 unspecified atom stereocenters. The number of hydrogen-bond donors (Lipinski definition) is 1. The molecule has 168 valence electrons. The summed E-state index contributed by atoms with van der Waals surface area (Å²) in [7, 11) is 0. The number of para-hydroxylation sites is 1. The minimum atomic E-state index is -0.850. The fourth-order valence-corrected chi connectivity index (χ4v) is 4.46. The van der Waals surface area contributed by atoms with E-state index in [1.54, 1.807) is 30.3 Å². The molecular formula is C27H19NO6. The molecule has 0 saturated carbocycles. The van der Waals surface area contributed by atoms with Crippen molar-refractivity contribution in [3.8, 4) is 11.5 Å². The second-order valence-corrected chi connectivity index (χ2v) is 8.06. The van der Waals surface area contributed by atoms with Gasteiger partial charge in [-0.25, -0.2) is 0 Å². The lowest BCUT2D eigenvalue weighted by atomic mass is 9.94. The van der Waals surface area contributed by atoms with Gasteiger partial charge in [0.1, 0.15) is 18.8 Å². The maximum atomic E-state index is 13.6. The molecule has 0 saturated heterocycles. The SMILES string of the molecule is O=C(C1=C(O)C(=O)N(c2ccc3c(c2)OCCO3)C1c1ccccc1)c1cc2ccccc2o1. The van der Waals surface area contributed by atoms with Crippen molar-refractivity contribution in [2.75, 3.05) is 18.1 Å². The van der Waals surface area contributed by atoms with Crippen LogP contribution in [-0.4, -0.2) is 30.0 Å². The highest BCUT2D eigenvalue weighted by molar-refractivity contribution is 6.20. The minimum absolute atomic E-state index is 0.0369. The van der Waals surface area contributed by atoms with Crippen LogP contribution in [0.4, 0.5) is 5.69 Å². The lowest BCUT2D eigenvalue weighted by Gasteiger charge is -2.28. The maximum Gasteiger partial charge on any atom is 0.294 e. The van der Waals surface area contributed by atoms with E-state index in [1.807, 2.05) is 48.5 Å². The topological polar surface area (TPSA) is 89.2 Å². The number of ether oxygens (including phenoxy) is 2. The zero-order valence-corrected chi connectivity index (χ0v) is 17.9. The van der Waals surface area contributed by atoms with E-state index in [4.69, 9.17) is 13.9 Å². The Kier molecular flexibility index (Phi) is 4.62. The molecule has 0 spiro atoms. The smallest absolute Gasteiger partial charge is 0.294 e. The van der Waals surface area contributed by atoms with Crippen LogP contribution in [0.25, 0.3) is 11.0 Å². The van der Waals surface area contributed by atoms with E-state index in [1.165, 1.54) is 4.90 Å². The monoisotopic (exact) mass is 453 g/mol. The van der Waals surface area contributed by atoms with Crippen LogP contribution >= 0.6 is 0 Å². The number of amides is 1. The minimum Gasteiger partial charge on any atom is -0.503 e. The number of rotatable bonds is 4. The van der Waals surface area contributed by atoms with Gasteiger partial charge in [-0.2, -0.15) is 0 Å². The quantitative estimate of drug-likeness (QED) is 0.438. The molecule has 0 aliphatic carbocycles. The number of Topliss-reactive ketones (excluding diaryl/α,β-unsaturated/α-hetero) is 1. The van der Waals surface area contributed by atoms with Crippen molar-refractivity contribution in [1.29, 1.82) is 0 Å². The Bertz CT molecular complexity index is 1440. The Morgan fingerprint density at radius 3 is 2.41 bits per heavy atom. The Labute approximate surface area is 194 Å². The van der Waals surface area contributed by atoms with Crippen molar-refractivity contribution in [3.63, 3.8) is 0 Å². The molecule has 0 fully saturated rings. The number of aliphatic hydroxyl groups excluding tert-OH is 1. The third kappa shape index (κ3) is 3.13. The van der Waals surface area contributed by atoms with Crippen molar-refractivity contribution < 1.29 is 28.6 Å². The normalized spacial score (nSPS) is 17.5. The van der Waals surface area contributed by atoms with E-state index in [9.17, 15) is 14.7 Å². The first kappa shape index (κ1) is 20.1. The van der Waals surface area contributed by atoms with Gasteiger partial charge in [-0.05, 0) is 29.8 Å². The van der Waals surface area contributed by atoms with E-state index >= 15 is 0 Å². The highest BCUT2D eigenvalue weighted by Crippen LogP contribution is 2.44. The fraction of sp³-hybridized carbons (Fsp3) is 0.111. The molecule has 7 nitrogen and oxygen atoms in total. The maximum absolute atomic E-state index is 13.6. The number of nitrogens with zero attached hydrogens (tertiary/aromatic N) is 1. The molecule has 4 aromatic rings.